The summed E-state index contributed by atoms with van der Waals surface area (Å²) in [6.07, 6.45) is 9.79. The predicted molar refractivity (Wildman–Crippen MR) is 107 cm³/mol. The molecule has 1 amide bonds. The molecule has 9 heteroatoms. The van der Waals surface area contributed by atoms with Gasteiger partial charge in [0, 0.05) is 31.4 Å². The molecule has 0 unspecified atom stereocenters. The predicted octanol–water partition coefficient (Wildman–Crippen LogP) is 0.769. The van der Waals surface area contributed by atoms with E-state index in [2.05, 4.69) is 25.3 Å². The highest BCUT2D eigenvalue weighted by Crippen LogP contribution is 2.28. The SMILES string of the molecule is NCC(C=NCC1CC1)=Nc1nc(N[C@@H]2CCCC[C@@H]2N)cnc1C(N)=O. The number of hydrogen-bond donors (Lipinski definition) is 4. The van der Waals surface area contributed by atoms with Crippen LogP contribution in [0.4, 0.5) is 11.6 Å². The first-order valence-corrected chi connectivity index (χ1v) is 9.53. The number of carbonyl (C=O) groups excluding carboxylic acids is 1. The highest BCUT2D eigenvalue weighted by molar-refractivity contribution is 6.32. The van der Waals surface area contributed by atoms with Crippen LogP contribution >= 0.6 is 0 Å². The minimum absolute atomic E-state index is 0.00929. The molecule has 0 saturated heterocycles. The van der Waals surface area contributed by atoms with Gasteiger partial charge in [0.15, 0.2) is 11.5 Å². The van der Waals surface area contributed by atoms with Gasteiger partial charge in [0.05, 0.1) is 11.9 Å². The number of carbonyl (C=O) groups is 1. The maximum absolute atomic E-state index is 11.7. The van der Waals surface area contributed by atoms with Gasteiger partial charge in [-0.3, -0.25) is 9.79 Å². The van der Waals surface area contributed by atoms with Crippen molar-refractivity contribution < 1.29 is 4.79 Å². The largest absolute Gasteiger partial charge is 0.364 e. The number of hydrogen-bond acceptors (Lipinski definition) is 8. The zero-order valence-electron chi connectivity index (χ0n) is 15.5. The molecule has 2 aliphatic carbocycles. The molecular formula is C18H28N8O. The average molecular weight is 372 g/mol. The third kappa shape index (κ3) is 5.54. The summed E-state index contributed by atoms with van der Waals surface area (Å²) >= 11 is 0. The van der Waals surface area contributed by atoms with E-state index in [-0.39, 0.29) is 30.1 Å². The van der Waals surface area contributed by atoms with E-state index < -0.39 is 5.91 Å². The maximum atomic E-state index is 11.7. The van der Waals surface area contributed by atoms with Crippen LogP contribution in [-0.2, 0) is 0 Å². The Kier molecular flexibility index (Phi) is 6.46. The number of amides is 1. The number of aliphatic imine (C=N–C) groups is 2. The van der Waals surface area contributed by atoms with Crippen LogP contribution in [0.1, 0.15) is 49.0 Å². The van der Waals surface area contributed by atoms with Gasteiger partial charge in [0.25, 0.3) is 5.91 Å². The highest BCUT2D eigenvalue weighted by atomic mass is 16.1. The lowest BCUT2D eigenvalue weighted by atomic mass is 9.91. The van der Waals surface area contributed by atoms with Crippen LogP contribution in [0, 0.1) is 5.92 Å². The molecule has 9 nitrogen and oxygen atoms in total. The lowest BCUT2D eigenvalue weighted by Crippen LogP contribution is -2.42. The average Bonchev–Trinajstić information content (AvgIpc) is 3.47. The van der Waals surface area contributed by atoms with Crippen molar-refractivity contribution in [1.82, 2.24) is 9.97 Å². The van der Waals surface area contributed by atoms with Crippen molar-refractivity contribution in [3.63, 3.8) is 0 Å². The van der Waals surface area contributed by atoms with E-state index in [0.29, 0.717) is 17.4 Å². The lowest BCUT2D eigenvalue weighted by molar-refractivity contribution is 0.0996. The van der Waals surface area contributed by atoms with Gasteiger partial charge in [-0.05, 0) is 31.6 Å². The standard InChI is InChI=1S/C18H28N8O/c19-7-12(9-22-8-11-5-6-11)24-18-16(17(21)27)23-10-15(26-18)25-14-4-2-1-3-13(14)20/h9-11,13-14H,1-8,19-20H2,(H2,21,27)(H,25,26)/t13-,14+/m0/s1. The second-order valence-corrected chi connectivity index (χ2v) is 7.24. The number of nitrogens with two attached hydrogens (primary N) is 3. The van der Waals surface area contributed by atoms with Gasteiger partial charge in [0.1, 0.15) is 5.82 Å². The summed E-state index contributed by atoms with van der Waals surface area (Å²) in [4.78, 5) is 29.0. The first-order valence-electron chi connectivity index (χ1n) is 9.53. The summed E-state index contributed by atoms with van der Waals surface area (Å²) in [7, 11) is 0. The zero-order chi connectivity index (χ0) is 19.2. The van der Waals surface area contributed by atoms with Crippen molar-refractivity contribution in [2.75, 3.05) is 18.4 Å². The molecule has 2 fully saturated rings. The van der Waals surface area contributed by atoms with Gasteiger partial charge in [-0.1, -0.05) is 12.8 Å². The summed E-state index contributed by atoms with van der Waals surface area (Å²) in [6.45, 7) is 0.952. The van der Waals surface area contributed by atoms with E-state index in [1.165, 1.54) is 19.0 Å². The molecule has 0 aliphatic heterocycles. The Labute approximate surface area is 158 Å². The fraction of sp³-hybridized carbons (Fsp3) is 0.611. The van der Waals surface area contributed by atoms with Gasteiger partial charge in [-0.2, -0.15) is 0 Å². The minimum Gasteiger partial charge on any atom is -0.364 e. The van der Waals surface area contributed by atoms with E-state index in [1.807, 2.05) is 0 Å². The fourth-order valence-electron chi connectivity index (χ4n) is 3.10. The molecule has 2 aliphatic rings. The van der Waals surface area contributed by atoms with Crippen molar-refractivity contribution in [3.05, 3.63) is 11.9 Å². The second kappa shape index (κ2) is 9.01. The van der Waals surface area contributed by atoms with E-state index in [4.69, 9.17) is 17.2 Å². The Bertz CT molecular complexity index is 728. The molecule has 0 aromatic carbocycles. The third-order valence-corrected chi connectivity index (χ3v) is 4.90. The number of rotatable bonds is 8. The van der Waals surface area contributed by atoms with Gasteiger partial charge < -0.3 is 22.5 Å². The molecule has 146 valence electrons. The maximum Gasteiger partial charge on any atom is 0.271 e. The van der Waals surface area contributed by atoms with E-state index in [0.717, 1.165) is 32.2 Å². The number of anilines is 1. The molecule has 2 saturated carbocycles. The van der Waals surface area contributed by atoms with Gasteiger partial charge in [-0.25, -0.2) is 15.0 Å². The molecule has 0 spiro atoms. The first-order chi connectivity index (χ1) is 13.1. The molecule has 0 bridgehead atoms. The van der Waals surface area contributed by atoms with Crippen LogP contribution in [0.15, 0.2) is 16.2 Å². The number of primary amides is 1. The topological polar surface area (TPSA) is 158 Å². The highest BCUT2D eigenvalue weighted by Gasteiger charge is 2.23. The van der Waals surface area contributed by atoms with Crippen LogP contribution in [0.25, 0.3) is 0 Å². The van der Waals surface area contributed by atoms with Crippen molar-refractivity contribution in [1.29, 1.82) is 0 Å². The van der Waals surface area contributed by atoms with Crippen molar-refractivity contribution in [3.8, 4) is 0 Å². The Morgan fingerprint density at radius 1 is 1.30 bits per heavy atom. The molecule has 2 atom stereocenters. The quantitative estimate of drug-likeness (QED) is 0.493. The second-order valence-electron chi connectivity index (χ2n) is 7.24. The molecule has 7 N–H and O–H groups in total. The van der Waals surface area contributed by atoms with Gasteiger partial charge >= 0.3 is 0 Å². The molecule has 27 heavy (non-hydrogen) atoms. The molecule has 1 heterocycles. The van der Waals surface area contributed by atoms with E-state index in [1.54, 1.807) is 6.21 Å². The Hall–Kier alpha value is -2.39. The van der Waals surface area contributed by atoms with Crippen molar-refractivity contribution in [2.24, 2.45) is 33.1 Å². The van der Waals surface area contributed by atoms with E-state index >= 15 is 0 Å². The van der Waals surface area contributed by atoms with Crippen LogP contribution in [-0.4, -0.2) is 53.0 Å². The van der Waals surface area contributed by atoms with Crippen LogP contribution in [0.3, 0.4) is 0 Å². The summed E-state index contributed by atoms with van der Waals surface area (Å²) in [5, 5.41) is 3.31. The van der Waals surface area contributed by atoms with E-state index in [9.17, 15) is 4.79 Å². The van der Waals surface area contributed by atoms with Gasteiger partial charge in [0.2, 0.25) is 0 Å². The Morgan fingerprint density at radius 3 is 2.74 bits per heavy atom. The summed E-state index contributed by atoms with van der Waals surface area (Å²) in [6, 6.07) is 0.191. The Balaban J connectivity index is 1.80. The van der Waals surface area contributed by atoms with Crippen LogP contribution < -0.4 is 22.5 Å². The van der Waals surface area contributed by atoms with Crippen LogP contribution in [0.2, 0.25) is 0 Å². The number of nitrogens with zero attached hydrogens (tertiary/aromatic N) is 4. The third-order valence-electron chi connectivity index (χ3n) is 4.90. The molecule has 1 aromatic rings. The van der Waals surface area contributed by atoms with Crippen molar-refractivity contribution >= 4 is 29.5 Å². The monoisotopic (exact) mass is 372 g/mol. The van der Waals surface area contributed by atoms with Crippen LogP contribution in [0.5, 0.6) is 0 Å². The molecule has 1 aromatic heterocycles. The number of aromatic nitrogens is 2. The molecular weight excluding hydrogens is 344 g/mol. The number of nitrogens with one attached hydrogen (secondary N) is 1. The van der Waals surface area contributed by atoms with Gasteiger partial charge in [-0.15, -0.1) is 0 Å². The van der Waals surface area contributed by atoms with Crippen molar-refractivity contribution in [2.45, 2.75) is 50.6 Å². The smallest absolute Gasteiger partial charge is 0.271 e. The first kappa shape index (κ1) is 19.4. The zero-order valence-corrected chi connectivity index (χ0v) is 15.5. The fourth-order valence-corrected chi connectivity index (χ4v) is 3.10. The normalized spacial score (nSPS) is 23.6. The summed E-state index contributed by atoms with van der Waals surface area (Å²) < 4.78 is 0. The Morgan fingerprint density at radius 2 is 2.07 bits per heavy atom. The molecule has 3 rings (SSSR count). The minimum atomic E-state index is -0.687. The lowest BCUT2D eigenvalue weighted by Gasteiger charge is -2.29. The summed E-state index contributed by atoms with van der Waals surface area (Å²) in [5.41, 5.74) is 17.9. The molecule has 0 radical (unpaired) electrons. The summed E-state index contributed by atoms with van der Waals surface area (Å²) in [5.74, 6) is 0.657.